The minimum absolute atomic E-state index is 0.0530. The van der Waals surface area contributed by atoms with Crippen LogP contribution in [0.3, 0.4) is 0 Å². The van der Waals surface area contributed by atoms with E-state index in [4.69, 9.17) is 0 Å². The molecule has 3 atom stereocenters. The maximum atomic E-state index is 14.4. The van der Waals surface area contributed by atoms with Gasteiger partial charge >= 0.3 is 6.03 Å². The van der Waals surface area contributed by atoms with E-state index in [9.17, 15) is 32.4 Å². The molecule has 2 unspecified atom stereocenters. The van der Waals surface area contributed by atoms with Crippen molar-refractivity contribution in [2.24, 2.45) is 28.6 Å². The molecule has 5 amide bonds. The zero-order valence-corrected chi connectivity index (χ0v) is 31.9. The van der Waals surface area contributed by atoms with Crippen LogP contribution in [0, 0.1) is 28.6 Å². The van der Waals surface area contributed by atoms with Gasteiger partial charge in [0.25, 0.3) is 11.8 Å². The summed E-state index contributed by atoms with van der Waals surface area (Å²) in [6.45, 7) is 17.4. The summed E-state index contributed by atoms with van der Waals surface area (Å²) in [5.74, 6) is -2.30. The Hall–Kier alpha value is -3.22. The van der Waals surface area contributed by atoms with Crippen LogP contribution in [0.1, 0.15) is 106 Å². The van der Waals surface area contributed by atoms with Crippen molar-refractivity contribution in [2.75, 3.05) is 24.6 Å². The number of hydrogen-bond donors (Lipinski definition) is 4. The van der Waals surface area contributed by atoms with E-state index in [-0.39, 0.29) is 53.5 Å². The van der Waals surface area contributed by atoms with Gasteiger partial charge < -0.3 is 26.2 Å². The van der Waals surface area contributed by atoms with Crippen LogP contribution in [-0.4, -0.2) is 85.1 Å². The zero-order valence-electron chi connectivity index (χ0n) is 31.1. The van der Waals surface area contributed by atoms with Gasteiger partial charge in [-0.1, -0.05) is 86.6 Å². The normalized spacial score (nSPS) is 22.2. The Morgan fingerprint density at radius 2 is 1.66 bits per heavy atom. The minimum Gasteiger partial charge on any atom is -0.346 e. The average Bonchev–Trinajstić information content (AvgIpc) is 3.87. The third-order valence-corrected chi connectivity index (χ3v) is 12.7. The van der Waals surface area contributed by atoms with Crippen LogP contribution >= 0.6 is 0 Å². The number of Topliss-reactive ketones (excluding diaryl/α,β-unsaturated/α-hetero) is 1. The van der Waals surface area contributed by atoms with E-state index >= 15 is 0 Å². The van der Waals surface area contributed by atoms with Gasteiger partial charge in [0.2, 0.25) is 11.7 Å². The number of carbonyl (C=O) groups is 5. The van der Waals surface area contributed by atoms with Gasteiger partial charge in [-0.25, -0.2) is 13.2 Å². The quantitative estimate of drug-likeness (QED) is 0.139. The summed E-state index contributed by atoms with van der Waals surface area (Å²) < 4.78 is 26.4. The van der Waals surface area contributed by atoms with Crippen molar-refractivity contribution in [1.82, 2.24) is 26.2 Å². The number of carbonyl (C=O) groups excluding carboxylic acids is 5. The van der Waals surface area contributed by atoms with E-state index in [2.05, 4.69) is 27.8 Å². The summed E-state index contributed by atoms with van der Waals surface area (Å²) in [6, 6.07) is -2.72. The molecular formula is C37H59N5O7S. The van der Waals surface area contributed by atoms with E-state index in [1.54, 1.807) is 0 Å². The molecule has 12 nitrogen and oxygen atoms in total. The zero-order chi connectivity index (χ0) is 37.2. The SMILES string of the molecule is C=CCNC(=O)C(=O)C(CC1CC1)NC(=O)C1=C2C(CN1C(=O)[C@@H](NC(=O)NC1(CS(=O)(=O)CCC(C)C)CCCCC1)C(C)(C)C)C2(C)C. The Balaban J connectivity index is 1.54. The summed E-state index contributed by atoms with van der Waals surface area (Å²) in [5.41, 5.74) is -1.06. The molecule has 4 rings (SSSR count). The summed E-state index contributed by atoms with van der Waals surface area (Å²) in [5, 5.41) is 11.2. The Labute approximate surface area is 298 Å². The number of amides is 5. The molecule has 0 aromatic rings. The van der Waals surface area contributed by atoms with E-state index < -0.39 is 62.4 Å². The number of ketones is 1. The lowest BCUT2D eigenvalue weighted by Crippen LogP contribution is -2.62. The standard InChI is InChI=1S/C37H59N5O7S/c1-9-18-38-32(45)29(43)26(20-24-13-14-24)39-31(44)28-27-25(36(27,7)8)21-42(28)33(46)30(35(4,5)6)40-34(47)41-37(16-11-10-12-17-37)22-50(48,49)19-15-23(2)3/h9,23-26,30H,1,10-22H2,2-8H3,(H,38,45)(H,39,44)(H2,40,41,47)/t25?,26?,30-/m1/s1. The van der Waals surface area contributed by atoms with Gasteiger partial charge in [0, 0.05) is 19.0 Å². The van der Waals surface area contributed by atoms with Crippen molar-refractivity contribution in [3.05, 3.63) is 23.9 Å². The van der Waals surface area contributed by atoms with Gasteiger partial charge in [0.1, 0.15) is 11.7 Å². The molecule has 0 aromatic heterocycles. The van der Waals surface area contributed by atoms with Crippen molar-refractivity contribution in [3.8, 4) is 0 Å². The van der Waals surface area contributed by atoms with Crippen LogP contribution in [0.5, 0.6) is 0 Å². The van der Waals surface area contributed by atoms with Crippen LogP contribution in [0.15, 0.2) is 23.9 Å². The fourth-order valence-corrected chi connectivity index (χ4v) is 9.68. The second-order valence-electron chi connectivity index (χ2n) is 17.1. The lowest BCUT2D eigenvalue weighted by atomic mass is 9.83. The number of nitrogens with zero attached hydrogens (tertiary/aromatic N) is 1. The van der Waals surface area contributed by atoms with Crippen LogP contribution in [0.2, 0.25) is 0 Å². The first-order valence-corrected chi connectivity index (χ1v) is 20.1. The Kier molecular flexibility index (Phi) is 12.0. The molecule has 0 aromatic carbocycles. The molecule has 0 bridgehead atoms. The molecule has 1 aliphatic heterocycles. The third kappa shape index (κ3) is 9.55. The lowest BCUT2D eigenvalue weighted by Gasteiger charge is -2.40. The molecular weight excluding hydrogens is 659 g/mol. The second kappa shape index (κ2) is 15.2. The molecule has 0 spiro atoms. The maximum Gasteiger partial charge on any atom is 0.315 e. The summed E-state index contributed by atoms with van der Waals surface area (Å²) >= 11 is 0. The number of urea groups is 1. The number of sulfone groups is 1. The van der Waals surface area contributed by atoms with Gasteiger partial charge in [-0.15, -0.1) is 6.58 Å². The monoisotopic (exact) mass is 717 g/mol. The minimum atomic E-state index is -3.45. The molecule has 0 radical (unpaired) electrons. The van der Waals surface area contributed by atoms with Gasteiger partial charge in [0.15, 0.2) is 9.84 Å². The first-order chi connectivity index (χ1) is 23.2. The van der Waals surface area contributed by atoms with Crippen LogP contribution in [0.25, 0.3) is 0 Å². The largest absolute Gasteiger partial charge is 0.346 e. The third-order valence-electron chi connectivity index (χ3n) is 10.8. The number of fused-ring (bicyclic) bond motifs is 1. The highest BCUT2D eigenvalue weighted by molar-refractivity contribution is 7.91. The van der Waals surface area contributed by atoms with Gasteiger partial charge in [-0.05, 0) is 53.9 Å². The predicted molar refractivity (Wildman–Crippen MR) is 192 cm³/mol. The van der Waals surface area contributed by atoms with Crippen molar-refractivity contribution >= 4 is 39.4 Å². The van der Waals surface area contributed by atoms with E-state index in [1.165, 1.54) is 11.0 Å². The molecule has 4 aliphatic rings. The van der Waals surface area contributed by atoms with E-state index in [1.807, 2.05) is 48.5 Å². The maximum absolute atomic E-state index is 14.4. The molecule has 4 N–H and O–H groups in total. The smallest absolute Gasteiger partial charge is 0.315 e. The average molecular weight is 718 g/mol. The molecule has 0 saturated heterocycles. The van der Waals surface area contributed by atoms with Crippen LogP contribution < -0.4 is 21.3 Å². The van der Waals surface area contributed by atoms with Crippen molar-refractivity contribution in [1.29, 1.82) is 0 Å². The molecule has 280 valence electrons. The first-order valence-electron chi connectivity index (χ1n) is 18.3. The van der Waals surface area contributed by atoms with Crippen molar-refractivity contribution < 1.29 is 32.4 Å². The summed E-state index contributed by atoms with van der Waals surface area (Å²) in [7, 11) is -3.45. The Morgan fingerprint density at radius 1 is 1.02 bits per heavy atom. The number of nitrogens with one attached hydrogen (secondary N) is 4. The molecule has 50 heavy (non-hydrogen) atoms. The predicted octanol–water partition coefficient (Wildman–Crippen LogP) is 3.77. The Morgan fingerprint density at radius 3 is 2.22 bits per heavy atom. The summed E-state index contributed by atoms with van der Waals surface area (Å²) in [4.78, 5) is 69.4. The van der Waals surface area contributed by atoms with Crippen molar-refractivity contribution in [3.63, 3.8) is 0 Å². The fourth-order valence-electron chi connectivity index (χ4n) is 7.50. The lowest BCUT2D eigenvalue weighted by molar-refractivity contribution is -0.140. The molecule has 13 heteroatoms. The highest BCUT2D eigenvalue weighted by Gasteiger charge is 2.62. The van der Waals surface area contributed by atoms with Crippen LogP contribution in [-0.2, 0) is 29.0 Å². The highest BCUT2D eigenvalue weighted by Crippen LogP contribution is 2.63. The number of rotatable bonds is 16. The second-order valence-corrected chi connectivity index (χ2v) is 19.3. The molecule has 1 heterocycles. The molecule has 3 aliphatic carbocycles. The first kappa shape index (κ1) is 39.6. The highest BCUT2D eigenvalue weighted by atomic mass is 32.2. The van der Waals surface area contributed by atoms with Gasteiger partial charge in [-0.2, -0.15) is 0 Å². The van der Waals surface area contributed by atoms with E-state index in [0.717, 1.165) is 37.7 Å². The van der Waals surface area contributed by atoms with Crippen molar-refractivity contribution in [2.45, 2.75) is 124 Å². The number of hydrogen-bond acceptors (Lipinski definition) is 7. The summed E-state index contributed by atoms with van der Waals surface area (Å²) in [6.07, 6.45) is 7.76. The van der Waals surface area contributed by atoms with Gasteiger partial charge in [-0.3, -0.25) is 19.2 Å². The Bertz CT molecular complexity index is 1500. The van der Waals surface area contributed by atoms with Crippen LogP contribution in [0.4, 0.5) is 4.79 Å². The molecule has 3 saturated carbocycles. The van der Waals surface area contributed by atoms with E-state index in [0.29, 0.717) is 25.7 Å². The topological polar surface area (TPSA) is 171 Å². The van der Waals surface area contributed by atoms with Gasteiger partial charge in [0.05, 0.1) is 23.1 Å². The molecule has 3 fully saturated rings. The fraction of sp³-hybridized carbons (Fsp3) is 0.757.